The summed E-state index contributed by atoms with van der Waals surface area (Å²) in [6.45, 7) is 0. The molecule has 0 aromatic heterocycles. The van der Waals surface area contributed by atoms with Crippen LogP contribution in [-0.4, -0.2) is 32.8 Å². The van der Waals surface area contributed by atoms with E-state index in [1.54, 1.807) is 0 Å². The fourth-order valence-electron chi connectivity index (χ4n) is 1.65. The largest absolute Gasteiger partial charge is 0.317 e. The highest BCUT2D eigenvalue weighted by Gasteiger charge is 2.35. The average molecular weight is 156 g/mol. The molecule has 0 aliphatic heterocycles. The van der Waals surface area contributed by atoms with Crippen LogP contribution in [0.1, 0.15) is 12.8 Å². The molecule has 65 valence electrons. The Labute approximate surface area is 68.9 Å². The quantitative estimate of drug-likeness (QED) is 0.491. The fourth-order valence-corrected chi connectivity index (χ4v) is 1.65. The van der Waals surface area contributed by atoms with Crippen molar-refractivity contribution in [2.75, 3.05) is 21.1 Å². The van der Waals surface area contributed by atoms with E-state index in [1.807, 2.05) is 21.1 Å². The van der Waals surface area contributed by atoms with Crippen LogP contribution in [-0.2, 0) is 0 Å². The van der Waals surface area contributed by atoms with Crippen LogP contribution >= 0.6 is 0 Å². The van der Waals surface area contributed by atoms with Gasteiger partial charge in [-0.25, -0.2) is 0 Å². The van der Waals surface area contributed by atoms with Gasteiger partial charge in [0.2, 0.25) is 0 Å². The second kappa shape index (κ2) is 3.52. The van der Waals surface area contributed by atoms with Gasteiger partial charge in [-0.1, -0.05) is 0 Å². The minimum absolute atomic E-state index is 0.0632. The van der Waals surface area contributed by atoms with E-state index < -0.39 is 0 Å². The molecule has 1 fully saturated rings. The summed E-state index contributed by atoms with van der Waals surface area (Å²) in [4.78, 5) is 0. The van der Waals surface area contributed by atoms with Crippen molar-refractivity contribution in [3.05, 3.63) is 6.42 Å². The molecule has 0 amide bonds. The maximum atomic E-state index is 3.28. The molecule has 1 unspecified atom stereocenters. The van der Waals surface area contributed by atoms with Crippen LogP contribution in [0.4, 0.5) is 0 Å². The Bertz CT molecular complexity index is 121. The maximum absolute atomic E-state index is 3.28. The molecule has 1 rings (SSSR count). The molecule has 0 aromatic rings. The van der Waals surface area contributed by atoms with E-state index in [1.165, 1.54) is 0 Å². The van der Waals surface area contributed by atoms with Gasteiger partial charge >= 0.3 is 0 Å². The van der Waals surface area contributed by atoms with Crippen LogP contribution in [0.5, 0.6) is 0 Å². The third kappa shape index (κ3) is 1.72. The first kappa shape index (κ1) is 8.97. The number of hydrogen-bond donors (Lipinski definition) is 3. The highest BCUT2D eigenvalue weighted by molar-refractivity contribution is 5.07. The average Bonchev–Trinajstić information content (AvgIpc) is 2.49. The Morgan fingerprint density at radius 3 is 2.18 bits per heavy atom. The van der Waals surface area contributed by atoms with Crippen molar-refractivity contribution in [3.8, 4) is 0 Å². The van der Waals surface area contributed by atoms with Gasteiger partial charge in [0.15, 0.2) is 0 Å². The van der Waals surface area contributed by atoms with Crippen molar-refractivity contribution in [1.29, 1.82) is 0 Å². The Morgan fingerprint density at radius 1 is 1.27 bits per heavy atom. The number of rotatable bonds is 3. The maximum Gasteiger partial charge on any atom is 0.0730 e. The predicted molar refractivity (Wildman–Crippen MR) is 47.2 cm³/mol. The standard InChI is InChI=1S/C8H18N3/c1-9-7-4-5-8(6-7,10-2)11-3/h5,7,9-11H,4,6H2,1-3H3. The summed E-state index contributed by atoms with van der Waals surface area (Å²) in [5.41, 5.74) is 0.0632. The summed E-state index contributed by atoms with van der Waals surface area (Å²) in [6.07, 6.45) is 4.56. The Balaban J connectivity index is 2.48. The van der Waals surface area contributed by atoms with E-state index in [-0.39, 0.29) is 5.66 Å². The Hall–Kier alpha value is -0.120. The van der Waals surface area contributed by atoms with Crippen LogP contribution in [0.3, 0.4) is 0 Å². The molecular formula is C8H18N3. The molecule has 0 spiro atoms. The van der Waals surface area contributed by atoms with Gasteiger partial charge in [-0.3, -0.25) is 0 Å². The van der Waals surface area contributed by atoms with Crippen LogP contribution in [0.15, 0.2) is 0 Å². The molecule has 11 heavy (non-hydrogen) atoms. The number of hydrogen-bond acceptors (Lipinski definition) is 3. The van der Waals surface area contributed by atoms with Crippen molar-refractivity contribution in [2.45, 2.75) is 24.5 Å². The van der Waals surface area contributed by atoms with Gasteiger partial charge in [0.1, 0.15) is 0 Å². The number of nitrogens with one attached hydrogen (secondary N) is 3. The zero-order valence-electron chi connectivity index (χ0n) is 7.57. The molecule has 3 N–H and O–H groups in total. The first-order valence-electron chi connectivity index (χ1n) is 4.16. The van der Waals surface area contributed by atoms with Crippen LogP contribution < -0.4 is 16.0 Å². The first-order valence-corrected chi connectivity index (χ1v) is 4.16. The van der Waals surface area contributed by atoms with E-state index >= 15 is 0 Å². The van der Waals surface area contributed by atoms with E-state index in [2.05, 4.69) is 22.4 Å². The summed E-state index contributed by atoms with van der Waals surface area (Å²) in [5, 5.41) is 9.85. The third-order valence-corrected chi connectivity index (χ3v) is 2.62. The Kier molecular flexibility index (Phi) is 2.87. The summed E-state index contributed by atoms with van der Waals surface area (Å²) < 4.78 is 0. The highest BCUT2D eigenvalue weighted by atomic mass is 15.2. The molecular weight excluding hydrogens is 138 g/mol. The van der Waals surface area contributed by atoms with Gasteiger partial charge in [-0.15, -0.1) is 0 Å². The lowest BCUT2D eigenvalue weighted by atomic mass is 10.1. The van der Waals surface area contributed by atoms with Crippen molar-refractivity contribution in [1.82, 2.24) is 16.0 Å². The van der Waals surface area contributed by atoms with Crippen LogP contribution in [0.25, 0.3) is 0 Å². The minimum atomic E-state index is 0.0632. The van der Waals surface area contributed by atoms with E-state index in [4.69, 9.17) is 0 Å². The van der Waals surface area contributed by atoms with E-state index in [9.17, 15) is 0 Å². The monoisotopic (exact) mass is 156 g/mol. The zero-order valence-corrected chi connectivity index (χ0v) is 7.57. The van der Waals surface area contributed by atoms with E-state index in [0.717, 1.165) is 12.8 Å². The lowest BCUT2D eigenvalue weighted by Gasteiger charge is -2.28. The van der Waals surface area contributed by atoms with Crippen molar-refractivity contribution >= 4 is 0 Å². The molecule has 1 aliphatic carbocycles. The molecule has 0 saturated heterocycles. The second-order valence-electron chi connectivity index (χ2n) is 3.10. The molecule has 3 nitrogen and oxygen atoms in total. The molecule has 1 atom stereocenters. The first-order chi connectivity index (χ1) is 5.26. The third-order valence-electron chi connectivity index (χ3n) is 2.62. The Morgan fingerprint density at radius 2 is 1.91 bits per heavy atom. The van der Waals surface area contributed by atoms with Crippen molar-refractivity contribution < 1.29 is 0 Å². The molecule has 0 aromatic carbocycles. The minimum Gasteiger partial charge on any atom is -0.317 e. The van der Waals surface area contributed by atoms with Gasteiger partial charge in [0, 0.05) is 6.04 Å². The van der Waals surface area contributed by atoms with Gasteiger partial charge in [-0.2, -0.15) is 0 Å². The lowest BCUT2D eigenvalue weighted by molar-refractivity contribution is 0.341. The lowest BCUT2D eigenvalue weighted by Crippen LogP contribution is -2.52. The fraction of sp³-hybridized carbons (Fsp3) is 0.875. The molecule has 1 aliphatic rings. The second-order valence-corrected chi connectivity index (χ2v) is 3.10. The summed E-state index contributed by atoms with van der Waals surface area (Å²) in [5.74, 6) is 0. The highest BCUT2D eigenvalue weighted by Crippen LogP contribution is 2.25. The predicted octanol–water partition coefficient (Wildman–Crippen LogP) is -0.292. The summed E-state index contributed by atoms with van der Waals surface area (Å²) in [6, 6.07) is 0.620. The van der Waals surface area contributed by atoms with Crippen molar-refractivity contribution in [2.24, 2.45) is 0 Å². The van der Waals surface area contributed by atoms with Gasteiger partial charge in [0.25, 0.3) is 0 Å². The van der Waals surface area contributed by atoms with Gasteiger partial charge in [0.05, 0.1) is 5.66 Å². The van der Waals surface area contributed by atoms with Crippen molar-refractivity contribution in [3.63, 3.8) is 0 Å². The topological polar surface area (TPSA) is 36.1 Å². The molecule has 0 bridgehead atoms. The molecule has 0 heterocycles. The van der Waals surface area contributed by atoms with Gasteiger partial charge < -0.3 is 16.0 Å². The van der Waals surface area contributed by atoms with Gasteiger partial charge in [-0.05, 0) is 40.4 Å². The van der Waals surface area contributed by atoms with Crippen LogP contribution in [0.2, 0.25) is 0 Å². The SMILES string of the molecule is CNC1C[CH]C(NC)(NC)C1. The molecule has 1 radical (unpaired) electrons. The molecule has 1 saturated carbocycles. The zero-order chi connectivity index (χ0) is 8.32. The summed E-state index contributed by atoms with van der Waals surface area (Å²) >= 11 is 0. The molecule has 3 heteroatoms. The summed E-state index contributed by atoms with van der Waals surface area (Å²) in [7, 11) is 6.00. The van der Waals surface area contributed by atoms with E-state index in [0.29, 0.717) is 6.04 Å². The smallest absolute Gasteiger partial charge is 0.0730 e. The van der Waals surface area contributed by atoms with Crippen LogP contribution in [0, 0.1) is 6.42 Å². The normalized spacial score (nSPS) is 29.2.